The van der Waals surface area contributed by atoms with Gasteiger partial charge in [-0.05, 0) is 24.5 Å². The van der Waals surface area contributed by atoms with Crippen molar-refractivity contribution in [1.82, 2.24) is 10.3 Å². The Morgan fingerprint density at radius 3 is 2.90 bits per heavy atom. The van der Waals surface area contributed by atoms with E-state index in [1.807, 2.05) is 0 Å². The van der Waals surface area contributed by atoms with Gasteiger partial charge in [-0.25, -0.2) is 10.8 Å². The number of nitrogen functional groups attached to an aromatic ring is 1. The Hall–Kier alpha value is -2.35. The average Bonchev–Trinajstić information content (AvgIpc) is 2.50. The number of rotatable bonds is 8. The molecule has 1 atom stereocenters. The Labute approximate surface area is 118 Å². The fourth-order valence-corrected chi connectivity index (χ4v) is 1.22. The summed E-state index contributed by atoms with van der Waals surface area (Å²) >= 11 is 0. The summed E-state index contributed by atoms with van der Waals surface area (Å²) in [7, 11) is 5.27. The Morgan fingerprint density at radius 2 is 2.35 bits per heavy atom. The number of aldehydes is 1. The van der Waals surface area contributed by atoms with E-state index in [-0.39, 0.29) is 18.8 Å². The summed E-state index contributed by atoms with van der Waals surface area (Å²) in [6, 6.07) is 3.18. The number of ether oxygens (including phenoxy) is 1. The molecule has 0 aliphatic rings. The van der Waals surface area contributed by atoms with Gasteiger partial charge in [0.2, 0.25) is 0 Å². The van der Waals surface area contributed by atoms with Gasteiger partial charge in [0.05, 0.1) is 19.7 Å². The third kappa shape index (κ3) is 5.11. The summed E-state index contributed by atoms with van der Waals surface area (Å²) in [6.45, 7) is 0.256. The SMILES string of the molecule is [B]CC(C=O)O/C=C/CNC(=O)c1ccc(NN)nc1. The van der Waals surface area contributed by atoms with Crippen LogP contribution in [0, 0.1) is 0 Å². The number of carbonyl (C=O) groups excluding carboxylic acids is 2. The standard InChI is InChI=1S/C12H15BN4O3/c13-6-10(8-18)20-5-1-4-15-12(19)9-2-3-11(17-14)16-7-9/h1-3,5,7-8,10H,4,6,14H2,(H,15,19)(H,16,17)/b5-1+. The van der Waals surface area contributed by atoms with Crippen molar-refractivity contribution in [3.8, 4) is 0 Å². The van der Waals surface area contributed by atoms with E-state index in [1.165, 1.54) is 12.5 Å². The summed E-state index contributed by atoms with van der Waals surface area (Å²) in [5.41, 5.74) is 2.77. The van der Waals surface area contributed by atoms with E-state index in [2.05, 4.69) is 15.7 Å². The van der Waals surface area contributed by atoms with Crippen molar-refractivity contribution in [1.29, 1.82) is 0 Å². The summed E-state index contributed by atoms with van der Waals surface area (Å²) in [5, 5.41) is 2.63. The molecule has 0 saturated carbocycles. The van der Waals surface area contributed by atoms with Gasteiger partial charge in [-0.2, -0.15) is 0 Å². The number of hydrogen-bond donors (Lipinski definition) is 3. The Balaban J connectivity index is 2.35. The molecule has 1 heterocycles. The van der Waals surface area contributed by atoms with Crippen LogP contribution in [0.4, 0.5) is 5.82 Å². The predicted molar refractivity (Wildman–Crippen MR) is 75.0 cm³/mol. The number of amides is 1. The van der Waals surface area contributed by atoms with Crippen LogP contribution < -0.4 is 16.6 Å². The highest BCUT2D eigenvalue weighted by atomic mass is 16.5. The normalized spacial score (nSPS) is 11.8. The maximum absolute atomic E-state index is 11.7. The fourth-order valence-electron chi connectivity index (χ4n) is 1.22. The molecular formula is C12H15BN4O3. The van der Waals surface area contributed by atoms with E-state index >= 15 is 0 Å². The number of aromatic nitrogens is 1. The molecule has 0 saturated heterocycles. The molecule has 20 heavy (non-hydrogen) atoms. The van der Waals surface area contributed by atoms with Gasteiger partial charge in [-0.1, -0.05) is 0 Å². The first-order valence-electron chi connectivity index (χ1n) is 5.88. The van der Waals surface area contributed by atoms with Crippen LogP contribution in [0.5, 0.6) is 0 Å². The van der Waals surface area contributed by atoms with Crippen molar-refractivity contribution >= 4 is 25.9 Å². The minimum atomic E-state index is -0.664. The molecule has 1 rings (SSSR count). The molecular weight excluding hydrogens is 259 g/mol. The Bertz CT molecular complexity index is 464. The molecule has 0 aliphatic heterocycles. The molecule has 8 heteroatoms. The maximum atomic E-state index is 11.7. The smallest absolute Gasteiger partial charge is 0.253 e. The molecule has 0 spiro atoms. The van der Waals surface area contributed by atoms with E-state index in [0.717, 1.165) is 0 Å². The van der Waals surface area contributed by atoms with Gasteiger partial charge in [0.25, 0.3) is 5.91 Å². The quantitative estimate of drug-likeness (QED) is 0.199. The summed E-state index contributed by atoms with van der Waals surface area (Å²) in [6.07, 6.45) is 4.35. The largest absolute Gasteiger partial charge is 0.492 e. The first-order chi connectivity index (χ1) is 9.71. The number of carbonyl (C=O) groups is 2. The van der Waals surface area contributed by atoms with Crippen LogP contribution in [-0.2, 0) is 9.53 Å². The van der Waals surface area contributed by atoms with E-state index in [0.29, 0.717) is 17.7 Å². The van der Waals surface area contributed by atoms with E-state index in [1.54, 1.807) is 18.2 Å². The van der Waals surface area contributed by atoms with Crippen molar-refractivity contribution < 1.29 is 14.3 Å². The molecule has 1 aromatic rings. The highest BCUT2D eigenvalue weighted by molar-refractivity contribution is 6.10. The van der Waals surface area contributed by atoms with Gasteiger partial charge in [-0.3, -0.25) is 9.59 Å². The third-order valence-corrected chi connectivity index (χ3v) is 2.29. The molecule has 0 aliphatic carbocycles. The highest BCUT2D eigenvalue weighted by Gasteiger charge is 2.04. The number of hydrogen-bond acceptors (Lipinski definition) is 6. The molecule has 0 fully saturated rings. The lowest BCUT2D eigenvalue weighted by Gasteiger charge is -2.06. The highest BCUT2D eigenvalue weighted by Crippen LogP contribution is 2.03. The molecule has 0 aromatic carbocycles. The number of nitrogens with two attached hydrogens (primary N) is 1. The number of pyridine rings is 1. The predicted octanol–water partition coefficient (Wildman–Crippen LogP) is -0.218. The first kappa shape index (κ1) is 15.7. The Kier molecular flexibility index (Phi) is 6.84. The van der Waals surface area contributed by atoms with Crippen LogP contribution in [0.25, 0.3) is 0 Å². The zero-order valence-electron chi connectivity index (χ0n) is 10.8. The van der Waals surface area contributed by atoms with Crippen molar-refractivity contribution in [3.05, 3.63) is 36.2 Å². The van der Waals surface area contributed by atoms with E-state index in [9.17, 15) is 9.59 Å². The topological polar surface area (TPSA) is 106 Å². The van der Waals surface area contributed by atoms with Gasteiger partial charge in [0.1, 0.15) is 11.9 Å². The second-order valence-electron chi connectivity index (χ2n) is 3.70. The summed E-state index contributed by atoms with van der Waals surface area (Å²) in [5.74, 6) is 5.36. The maximum Gasteiger partial charge on any atom is 0.253 e. The van der Waals surface area contributed by atoms with Crippen LogP contribution in [-0.4, -0.2) is 37.7 Å². The van der Waals surface area contributed by atoms with Gasteiger partial charge in [0, 0.05) is 12.7 Å². The Morgan fingerprint density at radius 1 is 1.55 bits per heavy atom. The lowest BCUT2D eigenvalue weighted by molar-refractivity contribution is -0.114. The molecule has 1 aromatic heterocycles. The minimum Gasteiger partial charge on any atom is -0.492 e. The number of anilines is 1. The lowest BCUT2D eigenvalue weighted by atomic mass is 10.0. The second-order valence-corrected chi connectivity index (χ2v) is 3.70. The number of hydrazine groups is 1. The monoisotopic (exact) mass is 274 g/mol. The molecule has 2 radical (unpaired) electrons. The van der Waals surface area contributed by atoms with Crippen LogP contribution in [0.2, 0.25) is 6.32 Å². The molecule has 104 valence electrons. The molecule has 1 amide bonds. The second kappa shape index (κ2) is 8.70. The van der Waals surface area contributed by atoms with Crippen LogP contribution >= 0.6 is 0 Å². The average molecular weight is 274 g/mol. The molecule has 7 nitrogen and oxygen atoms in total. The van der Waals surface area contributed by atoms with Crippen molar-refractivity contribution in [2.45, 2.75) is 12.4 Å². The zero-order valence-corrected chi connectivity index (χ0v) is 10.8. The van der Waals surface area contributed by atoms with Crippen LogP contribution in [0.3, 0.4) is 0 Å². The molecule has 1 unspecified atom stereocenters. The number of nitrogens with one attached hydrogen (secondary N) is 2. The molecule has 4 N–H and O–H groups in total. The van der Waals surface area contributed by atoms with Crippen molar-refractivity contribution in [2.75, 3.05) is 12.0 Å². The number of nitrogens with zero attached hydrogens (tertiary/aromatic N) is 1. The van der Waals surface area contributed by atoms with Crippen LogP contribution in [0.1, 0.15) is 10.4 Å². The minimum absolute atomic E-state index is 0.105. The molecule has 0 bridgehead atoms. The van der Waals surface area contributed by atoms with Gasteiger partial charge < -0.3 is 15.5 Å². The first-order valence-corrected chi connectivity index (χ1v) is 5.88. The van der Waals surface area contributed by atoms with Crippen molar-refractivity contribution in [3.63, 3.8) is 0 Å². The third-order valence-electron chi connectivity index (χ3n) is 2.29. The van der Waals surface area contributed by atoms with Gasteiger partial charge in [-0.15, -0.1) is 0 Å². The van der Waals surface area contributed by atoms with Crippen molar-refractivity contribution in [2.24, 2.45) is 5.84 Å². The van der Waals surface area contributed by atoms with Gasteiger partial charge >= 0.3 is 0 Å². The van der Waals surface area contributed by atoms with Crippen LogP contribution in [0.15, 0.2) is 30.7 Å². The van der Waals surface area contributed by atoms with Gasteiger partial charge in [0.15, 0.2) is 6.29 Å². The fraction of sp³-hybridized carbons (Fsp3) is 0.250. The summed E-state index contributed by atoms with van der Waals surface area (Å²) < 4.78 is 5.00. The van der Waals surface area contributed by atoms with E-state index in [4.69, 9.17) is 18.4 Å². The zero-order chi connectivity index (χ0) is 14.8. The lowest BCUT2D eigenvalue weighted by Crippen LogP contribution is -2.23. The van der Waals surface area contributed by atoms with E-state index < -0.39 is 6.10 Å². The summed E-state index contributed by atoms with van der Waals surface area (Å²) in [4.78, 5) is 26.0.